The molecule has 0 radical (unpaired) electrons. The fraction of sp³-hybridized carbons (Fsp3) is 0.778. The second-order valence-electron chi connectivity index (χ2n) is 3.09. The lowest BCUT2D eigenvalue weighted by molar-refractivity contribution is -0.190. The minimum Gasteiger partial charge on any atom is -0.384 e. The molecule has 0 atom stereocenters. The fourth-order valence-electron chi connectivity index (χ4n) is 0.728. The maximum atomic E-state index is 5.18. The summed E-state index contributed by atoms with van der Waals surface area (Å²) >= 11 is 0. The zero-order valence-electron chi connectivity index (χ0n) is 8.63. The van der Waals surface area contributed by atoms with Crippen molar-refractivity contribution in [2.24, 2.45) is 0 Å². The summed E-state index contributed by atoms with van der Waals surface area (Å²) < 4.78 is 10.4. The lowest BCUT2D eigenvalue weighted by atomic mass is 10.2. The molecule has 0 saturated heterocycles. The predicted octanol–water partition coefficient (Wildman–Crippen LogP) is 1.46. The van der Waals surface area contributed by atoms with Gasteiger partial charge in [0.05, 0.1) is 0 Å². The number of hydrogen-bond donors (Lipinski definition) is 0. The van der Waals surface area contributed by atoms with E-state index in [9.17, 15) is 0 Å². The molecule has 0 amide bonds. The normalized spacial score (nSPS) is 12.4. The molecule has 3 heteroatoms. The highest BCUT2D eigenvalue weighted by atomic mass is 16.7. The lowest BCUT2D eigenvalue weighted by Gasteiger charge is -2.24. The number of rotatable bonds is 5. The van der Waals surface area contributed by atoms with E-state index in [0.29, 0.717) is 0 Å². The molecule has 0 aromatic rings. The van der Waals surface area contributed by atoms with E-state index < -0.39 is 5.79 Å². The largest absolute Gasteiger partial charge is 0.384 e. The maximum absolute atomic E-state index is 5.18. The average Bonchev–Trinajstić information content (AvgIpc) is 2.03. The lowest BCUT2D eigenvalue weighted by Crippen LogP contribution is -2.28. The van der Waals surface area contributed by atoms with Gasteiger partial charge in [-0.15, -0.1) is 0 Å². The Morgan fingerprint density at radius 3 is 2.08 bits per heavy atom. The van der Waals surface area contributed by atoms with Gasteiger partial charge in [-0.25, -0.2) is 0 Å². The summed E-state index contributed by atoms with van der Waals surface area (Å²) in [5.41, 5.74) is 0. The quantitative estimate of drug-likeness (QED) is 0.587. The summed E-state index contributed by atoms with van der Waals surface area (Å²) in [5, 5.41) is 0. The van der Waals surface area contributed by atoms with Gasteiger partial charge in [-0.05, 0) is 13.1 Å². The van der Waals surface area contributed by atoms with Gasteiger partial charge in [0, 0.05) is 34.7 Å². The maximum Gasteiger partial charge on any atom is 0.168 e. The SMILES string of the molecule is COC(C)(C/C=C\N(C)C)OC. The highest BCUT2D eigenvalue weighted by Crippen LogP contribution is 2.15. The monoisotopic (exact) mass is 173 g/mol. The van der Waals surface area contributed by atoms with Gasteiger partial charge in [0.15, 0.2) is 5.79 Å². The molecule has 0 N–H and O–H groups in total. The zero-order chi connectivity index (χ0) is 9.61. The van der Waals surface area contributed by atoms with Crippen LogP contribution in [0.3, 0.4) is 0 Å². The molecule has 0 saturated carbocycles. The van der Waals surface area contributed by atoms with Crippen LogP contribution in [0.15, 0.2) is 12.3 Å². The molecule has 0 aromatic heterocycles. The molecule has 0 spiro atoms. The molecule has 0 rings (SSSR count). The van der Waals surface area contributed by atoms with E-state index in [-0.39, 0.29) is 0 Å². The van der Waals surface area contributed by atoms with Crippen LogP contribution < -0.4 is 0 Å². The smallest absolute Gasteiger partial charge is 0.168 e. The Kier molecular flexibility index (Phi) is 4.93. The summed E-state index contributed by atoms with van der Waals surface area (Å²) in [6.45, 7) is 1.91. The third-order valence-corrected chi connectivity index (χ3v) is 1.76. The van der Waals surface area contributed by atoms with E-state index >= 15 is 0 Å². The number of ether oxygens (including phenoxy) is 2. The summed E-state index contributed by atoms with van der Waals surface area (Å²) in [5.74, 6) is -0.494. The molecule has 0 unspecified atom stereocenters. The molecule has 0 fully saturated rings. The zero-order valence-corrected chi connectivity index (χ0v) is 8.63. The number of nitrogens with zero attached hydrogens (tertiary/aromatic N) is 1. The van der Waals surface area contributed by atoms with Crippen molar-refractivity contribution in [1.82, 2.24) is 4.90 Å². The Bertz CT molecular complexity index is 139. The van der Waals surface area contributed by atoms with Crippen LogP contribution in [0, 0.1) is 0 Å². The van der Waals surface area contributed by atoms with E-state index in [1.165, 1.54) is 0 Å². The van der Waals surface area contributed by atoms with Gasteiger partial charge in [-0.2, -0.15) is 0 Å². The minimum atomic E-state index is -0.494. The van der Waals surface area contributed by atoms with Gasteiger partial charge < -0.3 is 14.4 Å². The van der Waals surface area contributed by atoms with Crippen molar-refractivity contribution in [3.05, 3.63) is 12.3 Å². The molecule has 0 aliphatic carbocycles. The van der Waals surface area contributed by atoms with Crippen molar-refractivity contribution < 1.29 is 9.47 Å². The van der Waals surface area contributed by atoms with Gasteiger partial charge >= 0.3 is 0 Å². The highest BCUT2D eigenvalue weighted by Gasteiger charge is 2.19. The van der Waals surface area contributed by atoms with Crippen LogP contribution in [0.5, 0.6) is 0 Å². The van der Waals surface area contributed by atoms with E-state index in [2.05, 4.69) is 0 Å². The van der Waals surface area contributed by atoms with Crippen LogP contribution in [0.2, 0.25) is 0 Å². The first-order chi connectivity index (χ1) is 5.54. The van der Waals surface area contributed by atoms with Crippen LogP contribution in [-0.2, 0) is 9.47 Å². The first-order valence-corrected chi connectivity index (χ1v) is 3.97. The molecule has 72 valence electrons. The predicted molar refractivity (Wildman–Crippen MR) is 49.9 cm³/mol. The standard InChI is InChI=1S/C9H19NO2/c1-9(11-4,12-5)7-6-8-10(2)3/h6,8H,7H2,1-5H3/b8-6-. The Labute approximate surface area is 75.0 Å². The molecule has 0 aliphatic heterocycles. The molecule has 3 nitrogen and oxygen atoms in total. The molecule has 0 aromatic carbocycles. The molecule has 12 heavy (non-hydrogen) atoms. The second kappa shape index (κ2) is 5.17. The first kappa shape index (κ1) is 11.5. The summed E-state index contributed by atoms with van der Waals surface area (Å²) in [6, 6.07) is 0. The third kappa shape index (κ3) is 4.36. The Balaban J connectivity index is 3.88. The van der Waals surface area contributed by atoms with Crippen LogP contribution in [0.25, 0.3) is 0 Å². The van der Waals surface area contributed by atoms with Crippen molar-refractivity contribution in [2.45, 2.75) is 19.1 Å². The van der Waals surface area contributed by atoms with E-state index in [1.807, 2.05) is 38.2 Å². The fourth-order valence-corrected chi connectivity index (χ4v) is 0.728. The van der Waals surface area contributed by atoms with Gasteiger partial charge in [0.1, 0.15) is 0 Å². The van der Waals surface area contributed by atoms with Gasteiger partial charge in [0.25, 0.3) is 0 Å². The molecule has 0 bridgehead atoms. The number of methoxy groups -OCH3 is 2. The highest BCUT2D eigenvalue weighted by molar-refractivity contribution is 4.84. The minimum absolute atomic E-state index is 0.494. The van der Waals surface area contributed by atoms with Crippen molar-refractivity contribution in [2.75, 3.05) is 28.3 Å². The van der Waals surface area contributed by atoms with E-state index in [0.717, 1.165) is 6.42 Å². The molecule has 0 heterocycles. The van der Waals surface area contributed by atoms with E-state index in [1.54, 1.807) is 14.2 Å². The van der Waals surface area contributed by atoms with Crippen LogP contribution in [0.1, 0.15) is 13.3 Å². The summed E-state index contributed by atoms with van der Waals surface area (Å²) in [7, 11) is 7.25. The van der Waals surface area contributed by atoms with Crippen molar-refractivity contribution >= 4 is 0 Å². The van der Waals surface area contributed by atoms with Gasteiger partial charge in [0.2, 0.25) is 0 Å². The van der Waals surface area contributed by atoms with Crippen molar-refractivity contribution in [3.8, 4) is 0 Å². The topological polar surface area (TPSA) is 21.7 Å². The van der Waals surface area contributed by atoms with Crippen molar-refractivity contribution in [1.29, 1.82) is 0 Å². The second-order valence-corrected chi connectivity index (χ2v) is 3.09. The Morgan fingerprint density at radius 1 is 1.25 bits per heavy atom. The van der Waals surface area contributed by atoms with Crippen LogP contribution in [0.4, 0.5) is 0 Å². The van der Waals surface area contributed by atoms with Crippen LogP contribution in [-0.4, -0.2) is 39.0 Å². The summed E-state index contributed by atoms with van der Waals surface area (Å²) in [6.07, 6.45) is 4.75. The van der Waals surface area contributed by atoms with E-state index in [4.69, 9.17) is 9.47 Å². The first-order valence-electron chi connectivity index (χ1n) is 3.97. The Hall–Kier alpha value is -0.540. The number of hydrogen-bond acceptors (Lipinski definition) is 3. The van der Waals surface area contributed by atoms with Crippen molar-refractivity contribution in [3.63, 3.8) is 0 Å². The molecule has 0 aliphatic rings. The molecular weight excluding hydrogens is 154 g/mol. The third-order valence-electron chi connectivity index (χ3n) is 1.76. The Morgan fingerprint density at radius 2 is 1.75 bits per heavy atom. The molecular formula is C9H19NO2. The van der Waals surface area contributed by atoms with Crippen LogP contribution >= 0.6 is 0 Å². The summed E-state index contributed by atoms with van der Waals surface area (Å²) in [4.78, 5) is 1.98. The van der Waals surface area contributed by atoms with Gasteiger partial charge in [-0.3, -0.25) is 0 Å². The average molecular weight is 173 g/mol. The van der Waals surface area contributed by atoms with Gasteiger partial charge in [-0.1, -0.05) is 6.08 Å².